The molecular formula is C9H6F12O2. The minimum atomic E-state index is -6.92. The summed E-state index contributed by atoms with van der Waals surface area (Å²) in [7, 11) is 0. The highest BCUT2D eigenvalue weighted by Gasteiger charge is 2.76. The molecular weight excluding hydrogens is 368 g/mol. The summed E-state index contributed by atoms with van der Waals surface area (Å²) in [6.45, 7) is -0.0366. The van der Waals surface area contributed by atoms with Gasteiger partial charge in [0, 0.05) is 0 Å². The Morgan fingerprint density at radius 2 is 1.26 bits per heavy atom. The van der Waals surface area contributed by atoms with Gasteiger partial charge in [-0.1, -0.05) is 0 Å². The van der Waals surface area contributed by atoms with Gasteiger partial charge in [0.15, 0.2) is 6.17 Å². The van der Waals surface area contributed by atoms with Crippen LogP contribution in [0.25, 0.3) is 0 Å². The molecule has 0 amide bonds. The Hall–Kier alpha value is -1.37. The van der Waals surface area contributed by atoms with Crippen LogP contribution in [0.5, 0.6) is 0 Å². The number of hydrogen-bond donors (Lipinski definition) is 0. The van der Waals surface area contributed by atoms with Crippen LogP contribution in [0.3, 0.4) is 0 Å². The fourth-order valence-corrected chi connectivity index (χ4v) is 1.02. The second kappa shape index (κ2) is 6.26. The maximum atomic E-state index is 13.0. The van der Waals surface area contributed by atoms with Crippen molar-refractivity contribution < 1.29 is 62.2 Å². The molecule has 2 nitrogen and oxygen atoms in total. The summed E-state index contributed by atoms with van der Waals surface area (Å²) >= 11 is 0. The highest BCUT2D eigenvalue weighted by molar-refractivity contribution is 5.73. The zero-order valence-electron chi connectivity index (χ0n) is 10.6. The van der Waals surface area contributed by atoms with E-state index in [1.165, 1.54) is 0 Å². The number of ether oxygens (including phenoxy) is 1. The number of hydrogen-bond acceptors (Lipinski definition) is 2. The van der Waals surface area contributed by atoms with E-state index in [-0.39, 0.29) is 6.92 Å². The molecule has 0 aromatic rings. The van der Waals surface area contributed by atoms with Crippen molar-refractivity contribution in [2.24, 2.45) is 5.92 Å². The van der Waals surface area contributed by atoms with Crippen LogP contribution >= 0.6 is 0 Å². The first-order valence-corrected chi connectivity index (χ1v) is 5.24. The summed E-state index contributed by atoms with van der Waals surface area (Å²) in [5, 5.41) is 0. The molecule has 0 aliphatic heterocycles. The van der Waals surface area contributed by atoms with Crippen molar-refractivity contribution in [3.63, 3.8) is 0 Å². The molecule has 14 heteroatoms. The Morgan fingerprint density at radius 3 is 1.57 bits per heavy atom. The van der Waals surface area contributed by atoms with Crippen LogP contribution in [0.4, 0.5) is 52.7 Å². The normalized spacial score (nSPS) is 17.1. The molecule has 0 rings (SSSR count). The number of alkyl halides is 12. The number of esters is 1. The SMILES string of the molecule is CC(C(=O)OC(F)(F)C(F)(F)C(F)(F)F)C(F)C(F)(F)C(F)F. The van der Waals surface area contributed by atoms with E-state index in [1.807, 2.05) is 0 Å². The second-order valence-corrected chi connectivity index (χ2v) is 4.18. The quantitative estimate of drug-likeness (QED) is 0.515. The van der Waals surface area contributed by atoms with Crippen LogP contribution in [-0.4, -0.2) is 42.7 Å². The van der Waals surface area contributed by atoms with E-state index in [0.717, 1.165) is 0 Å². The van der Waals surface area contributed by atoms with Gasteiger partial charge in [0.1, 0.15) is 0 Å². The highest BCUT2D eigenvalue weighted by atomic mass is 19.4. The lowest BCUT2D eigenvalue weighted by Crippen LogP contribution is -2.55. The molecule has 2 unspecified atom stereocenters. The Kier molecular flexibility index (Phi) is 5.89. The van der Waals surface area contributed by atoms with Crippen LogP contribution in [0.2, 0.25) is 0 Å². The molecule has 138 valence electrons. The Labute approximate surface area is 119 Å². The highest BCUT2D eigenvalue weighted by Crippen LogP contribution is 2.47. The molecule has 0 aromatic heterocycles. The molecule has 0 aromatic carbocycles. The standard InChI is InChI=1S/C9H6F12O2/c1-2(3(10)6(13,14)5(11)12)4(22)23-9(20,21)7(15,16)8(17,18)19/h2-3,5H,1H3. The number of rotatable bonds is 6. The van der Waals surface area contributed by atoms with E-state index in [0.29, 0.717) is 0 Å². The van der Waals surface area contributed by atoms with Crippen LogP contribution in [0.1, 0.15) is 6.92 Å². The maximum absolute atomic E-state index is 13.0. The fourth-order valence-electron chi connectivity index (χ4n) is 1.02. The number of halogens is 12. The van der Waals surface area contributed by atoms with Gasteiger partial charge in [0.05, 0.1) is 5.92 Å². The first-order valence-electron chi connectivity index (χ1n) is 5.24. The van der Waals surface area contributed by atoms with E-state index in [1.54, 1.807) is 0 Å². The average molecular weight is 374 g/mol. The molecule has 2 atom stereocenters. The van der Waals surface area contributed by atoms with Crippen LogP contribution in [0.15, 0.2) is 0 Å². The molecule has 0 heterocycles. The monoisotopic (exact) mass is 374 g/mol. The van der Waals surface area contributed by atoms with Crippen molar-refractivity contribution in [1.82, 2.24) is 0 Å². The van der Waals surface area contributed by atoms with Gasteiger partial charge in [0.25, 0.3) is 0 Å². The first-order chi connectivity index (χ1) is 9.89. The Morgan fingerprint density at radius 1 is 0.870 bits per heavy atom. The predicted octanol–water partition coefficient (Wildman–Crippen LogP) is 4.19. The molecule has 0 aliphatic rings. The third-order valence-electron chi connectivity index (χ3n) is 2.42. The fraction of sp³-hybridized carbons (Fsp3) is 0.889. The topological polar surface area (TPSA) is 26.3 Å². The van der Waals surface area contributed by atoms with Crippen molar-refractivity contribution in [2.45, 2.75) is 43.7 Å². The minimum Gasteiger partial charge on any atom is -0.396 e. The third kappa shape index (κ3) is 4.13. The number of carbonyl (C=O) groups is 1. The third-order valence-corrected chi connectivity index (χ3v) is 2.42. The summed E-state index contributed by atoms with van der Waals surface area (Å²) in [6.07, 6.45) is -22.4. The molecule has 0 spiro atoms. The van der Waals surface area contributed by atoms with Crippen molar-refractivity contribution in [1.29, 1.82) is 0 Å². The van der Waals surface area contributed by atoms with Crippen molar-refractivity contribution in [2.75, 3.05) is 0 Å². The van der Waals surface area contributed by atoms with E-state index in [9.17, 15) is 57.5 Å². The second-order valence-electron chi connectivity index (χ2n) is 4.18. The van der Waals surface area contributed by atoms with Gasteiger partial charge >= 0.3 is 36.5 Å². The van der Waals surface area contributed by atoms with E-state index in [4.69, 9.17) is 0 Å². The molecule has 23 heavy (non-hydrogen) atoms. The Balaban J connectivity index is 5.28. The molecule has 0 saturated carbocycles. The summed E-state index contributed by atoms with van der Waals surface area (Å²) in [6, 6.07) is 0. The Bertz CT molecular complexity index is 429. The predicted molar refractivity (Wildman–Crippen MR) is 47.1 cm³/mol. The van der Waals surface area contributed by atoms with E-state index < -0.39 is 48.6 Å². The zero-order valence-corrected chi connectivity index (χ0v) is 10.6. The zero-order chi connectivity index (χ0) is 19.0. The van der Waals surface area contributed by atoms with Crippen molar-refractivity contribution in [3.8, 4) is 0 Å². The number of carbonyl (C=O) groups excluding carboxylic acids is 1. The maximum Gasteiger partial charge on any atom is 0.476 e. The molecule has 0 radical (unpaired) electrons. The molecule has 0 fully saturated rings. The smallest absolute Gasteiger partial charge is 0.396 e. The summed E-state index contributed by atoms with van der Waals surface area (Å²) in [4.78, 5) is 10.8. The average Bonchev–Trinajstić information content (AvgIpc) is 2.34. The molecule has 0 N–H and O–H groups in total. The van der Waals surface area contributed by atoms with Gasteiger partial charge in [0.2, 0.25) is 0 Å². The van der Waals surface area contributed by atoms with Crippen molar-refractivity contribution >= 4 is 5.97 Å². The van der Waals surface area contributed by atoms with Gasteiger partial charge < -0.3 is 4.74 Å². The lowest BCUT2D eigenvalue weighted by molar-refractivity contribution is -0.413. The lowest BCUT2D eigenvalue weighted by atomic mass is 10.0. The van der Waals surface area contributed by atoms with Gasteiger partial charge in [-0.2, -0.15) is 39.5 Å². The lowest BCUT2D eigenvalue weighted by Gasteiger charge is -2.29. The summed E-state index contributed by atoms with van der Waals surface area (Å²) in [5.74, 6) is -18.7. The van der Waals surface area contributed by atoms with Gasteiger partial charge in [-0.25, -0.2) is 13.2 Å². The van der Waals surface area contributed by atoms with Crippen LogP contribution in [-0.2, 0) is 9.53 Å². The van der Waals surface area contributed by atoms with E-state index >= 15 is 0 Å². The minimum absolute atomic E-state index is 0.0366. The van der Waals surface area contributed by atoms with Gasteiger partial charge in [-0.05, 0) is 6.92 Å². The van der Waals surface area contributed by atoms with Crippen LogP contribution < -0.4 is 0 Å². The summed E-state index contributed by atoms with van der Waals surface area (Å²) in [5.41, 5.74) is 0. The van der Waals surface area contributed by atoms with Crippen molar-refractivity contribution in [3.05, 3.63) is 0 Å². The molecule has 0 bridgehead atoms. The van der Waals surface area contributed by atoms with E-state index in [2.05, 4.69) is 4.74 Å². The van der Waals surface area contributed by atoms with Gasteiger partial charge in [-0.3, -0.25) is 4.79 Å². The molecule has 0 saturated heterocycles. The largest absolute Gasteiger partial charge is 0.476 e. The van der Waals surface area contributed by atoms with Gasteiger partial charge in [-0.15, -0.1) is 0 Å². The van der Waals surface area contributed by atoms with Crippen LogP contribution in [0, 0.1) is 5.92 Å². The summed E-state index contributed by atoms with van der Waals surface area (Å²) < 4.78 is 149. The first kappa shape index (κ1) is 21.6. The molecule has 0 aliphatic carbocycles.